The Hall–Kier alpha value is -10.3. The van der Waals surface area contributed by atoms with Crippen molar-refractivity contribution in [1.29, 1.82) is 0 Å². The normalized spacial score (nSPS) is 16.2. The maximum Gasteiger partial charge on any atom is 0.137 e. The van der Waals surface area contributed by atoms with Crippen molar-refractivity contribution < 1.29 is 0 Å². The van der Waals surface area contributed by atoms with Gasteiger partial charge in [-0.05, 0) is 190 Å². The molecule has 4 heteroatoms. The number of allylic oxidation sites excluding steroid dienone is 2. The second kappa shape index (κ2) is 18.9. The number of aromatic nitrogens is 3. The molecule has 87 heavy (non-hydrogen) atoms. The Morgan fingerprint density at radius 3 is 1.21 bits per heavy atom. The molecule has 10 aromatic carbocycles. The summed E-state index contributed by atoms with van der Waals surface area (Å²) in [6.07, 6.45) is 19.5. The summed E-state index contributed by atoms with van der Waals surface area (Å²) >= 11 is 0. The standard InChI is InChI=1S/C83H64N4/c1-81(2)69-43-51(21-23-53-27-35-61-63-37-29-57(49-73(63)82(3,4)71(61)45-53)55-31-39-77-67(47-55)65-15-7-9-17-75(65)86(77)79-19-11-13-41-84-79)25-33-59(69)60-34-26-52(44-70(60)81)22-24-54-28-36-62-64-38-30-58(50-74(64)83(5,6)72(62)46-54)56-32-40-78-68(48-56)66-16-8-10-18-76(66)87(78)80-20-12-14-42-85-80/h7-50,79,84H,1-6H3/b23-21+,24-22+. The molecule has 4 heterocycles. The minimum Gasteiger partial charge on any atom is -0.368 e. The van der Waals surface area contributed by atoms with E-state index in [0.29, 0.717) is 0 Å². The number of nitrogens with zero attached hydrogens (tertiary/aromatic N) is 3. The molecule has 13 aromatic rings. The summed E-state index contributed by atoms with van der Waals surface area (Å²) in [5, 5.41) is 8.55. The highest BCUT2D eigenvalue weighted by atomic mass is 15.2. The van der Waals surface area contributed by atoms with Crippen LogP contribution in [-0.4, -0.2) is 14.1 Å². The van der Waals surface area contributed by atoms with Gasteiger partial charge in [0.05, 0.1) is 22.1 Å². The van der Waals surface area contributed by atoms with Crippen LogP contribution >= 0.6 is 0 Å². The van der Waals surface area contributed by atoms with E-state index in [-0.39, 0.29) is 22.4 Å². The molecule has 0 radical (unpaired) electrons. The molecule has 0 saturated heterocycles. The van der Waals surface area contributed by atoms with Crippen LogP contribution in [0, 0.1) is 0 Å². The SMILES string of the molecule is CC1(C)c2cc(/C=C/c3ccc4c(c3)C(C)(C)c3cc(-c5ccc6c(c5)c5ccccc5n6-c5ccccn5)ccc3-4)ccc2-c2ccc(/C=C/c3ccc4c(c3)C(C)(C)c3cc(-c5ccc6c(c5)c5ccccc5n6C5C=CC=CN5)ccc3-4)cc21. The molecule has 0 saturated carbocycles. The van der Waals surface area contributed by atoms with Gasteiger partial charge in [-0.2, -0.15) is 0 Å². The number of hydrogen-bond donors (Lipinski definition) is 1. The van der Waals surface area contributed by atoms with Gasteiger partial charge in [0, 0.05) is 44.0 Å². The van der Waals surface area contributed by atoms with E-state index in [1.165, 1.54) is 144 Å². The number of fused-ring (bicyclic) bond motifs is 15. The maximum atomic E-state index is 4.73. The van der Waals surface area contributed by atoms with Crippen LogP contribution in [0.15, 0.2) is 243 Å². The van der Waals surface area contributed by atoms with Crippen LogP contribution in [0.4, 0.5) is 0 Å². The van der Waals surface area contributed by atoms with E-state index in [4.69, 9.17) is 4.98 Å². The number of rotatable bonds is 8. The third-order valence-electron chi connectivity index (χ3n) is 20.0. The van der Waals surface area contributed by atoms with Gasteiger partial charge in [0.2, 0.25) is 0 Å². The second-order valence-corrected chi connectivity index (χ2v) is 26.0. The van der Waals surface area contributed by atoms with Gasteiger partial charge in [0.25, 0.3) is 0 Å². The number of pyridine rings is 1. The average molecular weight is 1120 g/mol. The van der Waals surface area contributed by atoms with E-state index >= 15 is 0 Å². The van der Waals surface area contributed by atoms with Crippen LogP contribution in [0.5, 0.6) is 0 Å². The zero-order valence-electron chi connectivity index (χ0n) is 49.8. The molecular weight excluding hydrogens is 1050 g/mol. The van der Waals surface area contributed by atoms with Crippen molar-refractivity contribution in [2.24, 2.45) is 0 Å². The Morgan fingerprint density at radius 2 is 0.736 bits per heavy atom. The van der Waals surface area contributed by atoms with Crippen molar-refractivity contribution in [3.8, 4) is 61.5 Å². The minimum absolute atomic E-state index is 0.0643. The van der Waals surface area contributed by atoms with E-state index in [9.17, 15) is 0 Å². The number of benzene rings is 10. The summed E-state index contributed by atoms with van der Waals surface area (Å²) < 4.78 is 4.69. The Bertz CT molecular complexity index is 5220. The molecule has 416 valence electrons. The molecule has 3 aliphatic carbocycles. The van der Waals surface area contributed by atoms with Crippen molar-refractivity contribution in [3.05, 3.63) is 299 Å². The first-order valence-corrected chi connectivity index (χ1v) is 30.7. The Morgan fingerprint density at radius 1 is 0.356 bits per heavy atom. The summed E-state index contributed by atoms with van der Waals surface area (Å²) in [6, 6.07) is 79.8. The molecule has 4 aliphatic rings. The third-order valence-corrected chi connectivity index (χ3v) is 20.0. The fourth-order valence-electron chi connectivity index (χ4n) is 15.4. The fourth-order valence-corrected chi connectivity index (χ4v) is 15.4. The highest BCUT2D eigenvalue weighted by molar-refractivity contribution is 6.11. The zero-order valence-corrected chi connectivity index (χ0v) is 49.8. The number of nitrogens with one attached hydrogen (secondary N) is 1. The van der Waals surface area contributed by atoms with Crippen LogP contribution < -0.4 is 5.32 Å². The smallest absolute Gasteiger partial charge is 0.137 e. The quantitative estimate of drug-likeness (QED) is 0.154. The molecule has 1 aliphatic heterocycles. The molecule has 0 bridgehead atoms. The van der Waals surface area contributed by atoms with E-state index in [1.807, 2.05) is 24.5 Å². The molecule has 1 N–H and O–H groups in total. The molecule has 17 rings (SSSR count). The van der Waals surface area contributed by atoms with Gasteiger partial charge in [-0.15, -0.1) is 0 Å². The van der Waals surface area contributed by atoms with E-state index in [0.717, 1.165) is 16.9 Å². The van der Waals surface area contributed by atoms with Crippen molar-refractivity contribution in [2.75, 3.05) is 0 Å². The number of hydrogen-bond acceptors (Lipinski definition) is 2. The average Bonchev–Trinajstić information content (AvgIpc) is 1.68. The van der Waals surface area contributed by atoms with Crippen LogP contribution in [0.2, 0.25) is 0 Å². The molecule has 0 amide bonds. The second-order valence-electron chi connectivity index (χ2n) is 26.0. The van der Waals surface area contributed by atoms with Gasteiger partial charge in [-0.3, -0.25) is 4.57 Å². The van der Waals surface area contributed by atoms with Crippen molar-refractivity contribution in [2.45, 2.75) is 64.0 Å². The van der Waals surface area contributed by atoms with Gasteiger partial charge in [0.1, 0.15) is 12.0 Å². The van der Waals surface area contributed by atoms with Gasteiger partial charge in [0.15, 0.2) is 0 Å². The van der Waals surface area contributed by atoms with Crippen LogP contribution in [0.1, 0.15) is 103 Å². The fraction of sp³-hybridized carbons (Fsp3) is 0.120. The first-order valence-electron chi connectivity index (χ1n) is 30.7. The number of dihydropyridines is 1. The lowest BCUT2D eigenvalue weighted by atomic mass is 9.81. The van der Waals surface area contributed by atoms with Crippen molar-refractivity contribution in [1.82, 2.24) is 19.4 Å². The highest BCUT2D eigenvalue weighted by Gasteiger charge is 2.38. The third kappa shape index (κ3) is 7.80. The minimum atomic E-state index is -0.163. The lowest BCUT2D eigenvalue weighted by molar-refractivity contribution is 0.578. The summed E-state index contributed by atoms with van der Waals surface area (Å²) in [7, 11) is 0. The van der Waals surface area contributed by atoms with Crippen LogP contribution in [-0.2, 0) is 16.2 Å². The zero-order chi connectivity index (χ0) is 58.5. The van der Waals surface area contributed by atoms with Gasteiger partial charge < -0.3 is 9.88 Å². The lowest BCUT2D eigenvalue weighted by Crippen LogP contribution is -2.21. The molecular formula is C83H64N4. The molecule has 0 fully saturated rings. The number of para-hydroxylation sites is 2. The lowest BCUT2D eigenvalue weighted by Gasteiger charge is -2.22. The van der Waals surface area contributed by atoms with Gasteiger partial charge >= 0.3 is 0 Å². The summed E-state index contributed by atoms with van der Waals surface area (Å²) in [6.45, 7) is 14.3. The predicted octanol–water partition coefficient (Wildman–Crippen LogP) is 21.1. The molecule has 1 unspecified atom stereocenters. The maximum absolute atomic E-state index is 4.73. The molecule has 4 nitrogen and oxygen atoms in total. The van der Waals surface area contributed by atoms with E-state index < -0.39 is 0 Å². The summed E-state index contributed by atoms with van der Waals surface area (Å²) in [5.41, 5.74) is 30.3. The van der Waals surface area contributed by atoms with E-state index in [2.05, 4.69) is 299 Å². The predicted molar refractivity (Wildman–Crippen MR) is 366 cm³/mol. The van der Waals surface area contributed by atoms with Crippen molar-refractivity contribution in [3.63, 3.8) is 0 Å². The largest absolute Gasteiger partial charge is 0.368 e. The molecule has 0 spiro atoms. The highest BCUT2D eigenvalue weighted by Crippen LogP contribution is 2.53. The Balaban J connectivity index is 0.601. The van der Waals surface area contributed by atoms with E-state index in [1.54, 1.807) is 0 Å². The van der Waals surface area contributed by atoms with Gasteiger partial charge in [-0.1, -0.05) is 224 Å². The van der Waals surface area contributed by atoms with Crippen molar-refractivity contribution >= 4 is 67.9 Å². The monoisotopic (exact) mass is 1120 g/mol. The topological polar surface area (TPSA) is 34.8 Å². The first kappa shape index (κ1) is 51.2. The van der Waals surface area contributed by atoms with Crippen LogP contribution in [0.3, 0.4) is 0 Å². The van der Waals surface area contributed by atoms with Gasteiger partial charge in [-0.25, -0.2) is 4.98 Å². The first-order chi connectivity index (χ1) is 42.4. The Kier molecular flexibility index (Phi) is 11.1. The molecule has 3 aromatic heterocycles. The Labute approximate surface area is 508 Å². The van der Waals surface area contributed by atoms with Crippen LogP contribution in [0.25, 0.3) is 129 Å². The summed E-state index contributed by atoms with van der Waals surface area (Å²) in [4.78, 5) is 4.73. The summed E-state index contributed by atoms with van der Waals surface area (Å²) in [5.74, 6) is 0.928. The molecule has 1 atom stereocenters.